The first-order chi connectivity index (χ1) is 16.9. The van der Waals surface area contributed by atoms with E-state index in [0.717, 1.165) is 57.8 Å². The van der Waals surface area contributed by atoms with Crippen LogP contribution < -0.4 is 4.74 Å². The van der Waals surface area contributed by atoms with E-state index in [1.165, 1.54) is 0 Å². The summed E-state index contributed by atoms with van der Waals surface area (Å²) in [6, 6.07) is 8.40. The number of hydrogen-bond donors (Lipinski definition) is 0. The number of methoxy groups -OCH3 is 1. The molecule has 0 radical (unpaired) electrons. The molecule has 4 aromatic heterocycles. The van der Waals surface area contributed by atoms with Gasteiger partial charge in [-0.2, -0.15) is 5.10 Å². The molecule has 1 aromatic carbocycles. The van der Waals surface area contributed by atoms with Crippen molar-refractivity contribution in [1.29, 1.82) is 0 Å². The van der Waals surface area contributed by atoms with Gasteiger partial charge in [-0.25, -0.2) is 29.6 Å². The predicted molar refractivity (Wildman–Crippen MR) is 132 cm³/mol. The van der Waals surface area contributed by atoms with Gasteiger partial charge in [0.05, 0.1) is 36.6 Å². The molecule has 35 heavy (non-hydrogen) atoms. The second-order valence-electron chi connectivity index (χ2n) is 9.46. The van der Waals surface area contributed by atoms with Crippen molar-refractivity contribution in [2.45, 2.75) is 38.6 Å². The number of benzene rings is 1. The highest BCUT2D eigenvalue weighted by atomic mass is 16.5. The number of aryl methyl sites for hydroxylation is 2. The zero-order chi connectivity index (χ0) is 24.2. The minimum atomic E-state index is 0.0115. The lowest BCUT2D eigenvalue weighted by atomic mass is 9.99. The zero-order valence-corrected chi connectivity index (χ0v) is 20.2. The van der Waals surface area contributed by atoms with E-state index in [-0.39, 0.29) is 5.41 Å². The molecule has 6 rings (SSSR count). The van der Waals surface area contributed by atoms with Crippen LogP contribution in [0.4, 0.5) is 0 Å². The molecule has 1 aliphatic carbocycles. The fourth-order valence-electron chi connectivity index (χ4n) is 4.53. The Morgan fingerprint density at radius 3 is 2.51 bits per heavy atom. The van der Waals surface area contributed by atoms with Crippen LogP contribution in [0.15, 0.2) is 49.2 Å². The van der Waals surface area contributed by atoms with Crippen LogP contribution in [-0.4, -0.2) is 46.4 Å². The van der Waals surface area contributed by atoms with Crippen molar-refractivity contribution >= 4 is 11.0 Å². The highest BCUT2D eigenvalue weighted by Crippen LogP contribution is 2.50. The zero-order valence-electron chi connectivity index (χ0n) is 20.2. The number of fused-ring (bicyclic) bond motifs is 1. The minimum Gasteiger partial charge on any atom is -0.480 e. The SMILES string of the molecule is COc1ncnc(C2(C)CC2)c1-c1ncc2cnn(Cc3ccc(-c4nc(C)cn4C)cc3)c2n1. The van der Waals surface area contributed by atoms with Gasteiger partial charge in [-0.1, -0.05) is 31.2 Å². The molecule has 1 aliphatic rings. The summed E-state index contributed by atoms with van der Waals surface area (Å²) in [4.78, 5) is 23.1. The molecule has 9 nitrogen and oxygen atoms in total. The van der Waals surface area contributed by atoms with Crippen molar-refractivity contribution in [1.82, 2.24) is 39.3 Å². The number of hydrogen-bond acceptors (Lipinski definition) is 7. The smallest absolute Gasteiger partial charge is 0.227 e. The highest BCUT2D eigenvalue weighted by molar-refractivity contribution is 5.77. The van der Waals surface area contributed by atoms with E-state index >= 15 is 0 Å². The molecule has 0 N–H and O–H groups in total. The van der Waals surface area contributed by atoms with Crippen LogP contribution >= 0.6 is 0 Å². The second kappa shape index (κ2) is 7.97. The Kier molecular flexibility index (Phi) is 4.87. The lowest BCUT2D eigenvalue weighted by molar-refractivity contribution is 0.396. The molecule has 5 aromatic rings. The average molecular weight is 467 g/mol. The fourth-order valence-corrected chi connectivity index (χ4v) is 4.53. The van der Waals surface area contributed by atoms with Crippen LogP contribution in [0.25, 0.3) is 33.8 Å². The number of imidazole rings is 1. The molecule has 0 bridgehead atoms. The first kappa shape index (κ1) is 21.4. The van der Waals surface area contributed by atoms with Crippen molar-refractivity contribution in [3.05, 3.63) is 66.1 Å². The van der Waals surface area contributed by atoms with Crippen molar-refractivity contribution in [2.75, 3.05) is 7.11 Å². The van der Waals surface area contributed by atoms with Crippen LogP contribution in [0.2, 0.25) is 0 Å². The van der Waals surface area contributed by atoms with Crippen molar-refractivity contribution in [3.63, 3.8) is 0 Å². The number of rotatable bonds is 6. The van der Waals surface area contributed by atoms with Crippen LogP contribution in [-0.2, 0) is 19.0 Å². The summed E-state index contributed by atoms with van der Waals surface area (Å²) in [5, 5.41) is 5.46. The Morgan fingerprint density at radius 2 is 1.83 bits per heavy atom. The maximum atomic E-state index is 5.58. The van der Waals surface area contributed by atoms with Crippen LogP contribution in [0, 0.1) is 6.92 Å². The molecular weight excluding hydrogens is 440 g/mol. The molecule has 0 atom stereocenters. The van der Waals surface area contributed by atoms with E-state index in [1.54, 1.807) is 25.8 Å². The third-order valence-corrected chi connectivity index (χ3v) is 6.72. The fraction of sp³-hybridized carbons (Fsp3) is 0.308. The molecule has 0 unspecified atom stereocenters. The Hall–Kier alpha value is -4.14. The number of ether oxygens (including phenoxy) is 1. The standard InChI is InChI=1S/C26H26N8O/c1-16-13-33(3)23(31-16)18-7-5-17(6-8-18)14-34-24-19(12-30-34)11-27-22(32-24)20-21(26(2)9-10-26)28-15-29-25(20)35-4/h5-8,11-13,15H,9-10,14H2,1-4H3. The summed E-state index contributed by atoms with van der Waals surface area (Å²) in [5.74, 6) is 2.00. The Balaban J connectivity index is 1.36. The molecular formula is C26H26N8O. The van der Waals surface area contributed by atoms with Gasteiger partial charge in [-0.15, -0.1) is 0 Å². The predicted octanol–water partition coefficient (Wildman–Crippen LogP) is 4.10. The van der Waals surface area contributed by atoms with Gasteiger partial charge in [0.15, 0.2) is 11.5 Å². The van der Waals surface area contributed by atoms with Gasteiger partial charge in [-0.05, 0) is 25.3 Å². The van der Waals surface area contributed by atoms with Crippen LogP contribution in [0.5, 0.6) is 5.88 Å². The van der Waals surface area contributed by atoms with E-state index < -0.39 is 0 Å². The highest BCUT2D eigenvalue weighted by Gasteiger charge is 2.44. The summed E-state index contributed by atoms with van der Waals surface area (Å²) >= 11 is 0. The largest absolute Gasteiger partial charge is 0.480 e. The molecule has 0 spiro atoms. The molecule has 0 saturated heterocycles. The summed E-state index contributed by atoms with van der Waals surface area (Å²) in [5.41, 5.74) is 5.68. The number of nitrogens with zero attached hydrogens (tertiary/aromatic N) is 8. The van der Waals surface area contributed by atoms with Gasteiger partial charge in [0, 0.05) is 30.4 Å². The van der Waals surface area contributed by atoms with Crippen LogP contribution in [0.3, 0.4) is 0 Å². The Labute approximate surface area is 202 Å². The van der Waals surface area contributed by atoms with Gasteiger partial charge < -0.3 is 9.30 Å². The average Bonchev–Trinajstić information content (AvgIpc) is 3.36. The first-order valence-electron chi connectivity index (χ1n) is 11.6. The lowest BCUT2D eigenvalue weighted by Crippen LogP contribution is -2.10. The molecule has 1 fully saturated rings. The van der Waals surface area contributed by atoms with Gasteiger partial charge in [-0.3, -0.25) is 0 Å². The summed E-state index contributed by atoms with van der Waals surface area (Å²) in [6.45, 7) is 4.80. The van der Waals surface area contributed by atoms with Gasteiger partial charge in [0.25, 0.3) is 0 Å². The lowest BCUT2D eigenvalue weighted by Gasteiger charge is -2.15. The van der Waals surface area contributed by atoms with Gasteiger partial charge >= 0.3 is 0 Å². The summed E-state index contributed by atoms with van der Waals surface area (Å²) in [7, 11) is 3.63. The Bertz CT molecular complexity index is 1550. The first-order valence-corrected chi connectivity index (χ1v) is 11.6. The minimum absolute atomic E-state index is 0.0115. The van der Waals surface area contributed by atoms with Gasteiger partial charge in [0.2, 0.25) is 5.88 Å². The van der Waals surface area contributed by atoms with Crippen molar-refractivity contribution in [3.8, 4) is 28.7 Å². The molecule has 176 valence electrons. The molecule has 0 aliphatic heterocycles. The van der Waals surface area contributed by atoms with Crippen LogP contribution in [0.1, 0.15) is 36.7 Å². The van der Waals surface area contributed by atoms with Crippen molar-refractivity contribution < 1.29 is 4.74 Å². The summed E-state index contributed by atoms with van der Waals surface area (Å²) in [6.07, 6.45) is 9.34. The maximum absolute atomic E-state index is 5.58. The number of aromatic nitrogens is 8. The van der Waals surface area contributed by atoms with E-state index in [0.29, 0.717) is 18.2 Å². The van der Waals surface area contributed by atoms with Crippen molar-refractivity contribution in [2.24, 2.45) is 7.05 Å². The second-order valence-corrected chi connectivity index (χ2v) is 9.46. The topological polar surface area (TPSA) is 96.4 Å². The summed E-state index contributed by atoms with van der Waals surface area (Å²) < 4.78 is 9.52. The molecule has 4 heterocycles. The molecule has 9 heteroatoms. The quantitative estimate of drug-likeness (QED) is 0.372. The van der Waals surface area contributed by atoms with E-state index in [9.17, 15) is 0 Å². The third kappa shape index (κ3) is 3.73. The normalized spacial score (nSPS) is 14.4. The molecule has 0 amide bonds. The van der Waals surface area contributed by atoms with E-state index in [4.69, 9.17) is 9.72 Å². The third-order valence-electron chi connectivity index (χ3n) is 6.72. The molecule has 1 saturated carbocycles. The van der Waals surface area contributed by atoms with Gasteiger partial charge in [0.1, 0.15) is 17.7 Å². The maximum Gasteiger partial charge on any atom is 0.227 e. The van der Waals surface area contributed by atoms with E-state index in [1.807, 2.05) is 29.4 Å². The monoisotopic (exact) mass is 466 g/mol. The Morgan fingerprint density at radius 1 is 1.03 bits per heavy atom. The van der Waals surface area contributed by atoms with E-state index in [2.05, 4.69) is 56.2 Å².